The van der Waals surface area contributed by atoms with E-state index in [-0.39, 0.29) is 0 Å². The highest BCUT2D eigenvalue weighted by molar-refractivity contribution is 6.35. The molecule has 0 unspecified atom stereocenters. The summed E-state index contributed by atoms with van der Waals surface area (Å²) in [5.74, 6) is -1.18. The molecule has 6 nitrogen and oxygen atoms in total. The van der Waals surface area contributed by atoms with Crippen LogP contribution in [-0.2, 0) is 9.59 Å². The topological polar surface area (TPSA) is 66.7 Å². The van der Waals surface area contributed by atoms with Crippen molar-refractivity contribution in [2.24, 2.45) is 5.10 Å². The molecule has 1 aliphatic heterocycles. The predicted octanol–water partition coefficient (Wildman–Crippen LogP) is 3.17. The molecule has 0 saturated carbocycles. The average Bonchev–Trinajstić information content (AvgIpc) is 2.96. The summed E-state index contributed by atoms with van der Waals surface area (Å²) < 4.78 is 2.20. The lowest BCUT2D eigenvalue weighted by Gasteiger charge is -2.25. The van der Waals surface area contributed by atoms with E-state index in [9.17, 15) is 9.59 Å². The number of nitrogens with one attached hydrogen (secondary N) is 1. The number of aromatic nitrogens is 1. The summed E-state index contributed by atoms with van der Waals surface area (Å²) in [5.41, 5.74) is 8.98. The van der Waals surface area contributed by atoms with Crippen molar-refractivity contribution in [1.29, 1.82) is 0 Å². The number of likely N-dealkylation sites (tertiary alicyclic amines) is 1. The van der Waals surface area contributed by atoms with Crippen molar-refractivity contribution in [3.05, 3.63) is 52.3 Å². The van der Waals surface area contributed by atoms with Crippen LogP contribution in [0.5, 0.6) is 0 Å². The number of amides is 2. The van der Waals surface area contributed by atoms with Gasteiger partial charge in [0.15, 0.2) is 0 Å². The van der Waals surface area contributed by atoms with E-state index < -0.39 is 11.8 Å². The number of benzene rings is 1. The number of nitrogens with zero attached hydrogens (tertiary/aromatic N) is 3. The molecule has 148 valence electrons. The van der Waals surface area contributed by atoms with Crippen molar-refractivity contribution in [2.75, 3.05) is 13.1 Å². The Kier molecular flexibility index (Phi) is 5.97. The second-order valence-corrected chi connectivity index (χ2v) is 7.45. The van der Waals surface area contributed by atoms with E-state index in [0.29, 0.717) is 13.1 Å². The molecule has 28 heavy (non-hydrogen) atoms. The summed E-state index contributed by atoms with van der Waals surface area (Å²) in [7, 11) is 0. The van der Waals surface area contributed by atoms with E-state index in [1.807, 2.05) is 13.0 Å². The monoisotopic (exact) mass is 380 g/mol. The molecule has 1 aliphatic rings. The Hall–Kier alpha value is -2.89. The fourth-order valence-electron chi connectivity index (χ4n) is 3.87. The Labute approximate surface area is 166 Å². The zero-order valence-electron chi connectivity index (χ0n) is 17.1. The second-order valence-electron chi connectivity index (χ2n) is 7.45. The van der Waals surface area contributed by atoms with Crippen molar-refractivity contribution in [2.45, 2.75) is 47.0 Å². The van der Waals surface area contributed by atoms with E-state index in [1.54, 1.807) is 11.1 Å². The fraction of sp³-hybridized carbons (Fsp3) is 0.409. The van der Waals surface area contributed by atoms with E-state index in [2.05, 4.69) is 54.1 Å². The maximum absolute atomic E-state index is 12.2. The fourth-order valence-corrected chi connectivity index (χ4v) is 3.87. The first-order chi connectivity index (χ1) is 13.4. The van der Waals surface area contributed by atoms with Gasteiger partial charge in [-0.2, -0.15) is 5.10 Å². The molecule has 1 aromatic heterocycles. The third-order valence-electron chi connectivity index (χ3n) is 5.34. The molecule has 3 rings (SSSR count). The first-order valence-electron chi connectivity index (χ1n) is 9.78. The molecule has 0 aliphatic carbocycles. The van der Waals surface area contributed by atoms with Gasteiger partial charge in [-0.15, -0.1) is 0 Å². The molecular formula is C22H28N4O2. The smallest absolute Gasteiger partial charge is 0.329 e. The van der Waals surface area contributed by atoms with Gasteiger partial charge in [-0.1, -0.05) is 18.2 Å². The first-order valence-corrected chi connectivity index (χ1v) is 9.78. The molecule has 1 saturated heterocycles. The Morgan fingerprint density at radius 1 is 1.04 bits per heavy atom. The molecule has 0 atom stereocenters. The van der Waals surface area contributed by atoms with Gasteiger partial charge >= 0.3 is 11.8 Å². The zero-order chi connectivity index (χ0) is 20.3. The summed E-state index contributed by atoms with van der Waals surface area (Å²) in [4.78, 5) is 25.8. The molecule has 2 aromatic rings. The number of hydrogen-bond acceptors (Lipinski definition) is 3. The maximum atomic E-state index is 12.2. The number of rotatable bonds is 3. The summed E-state index contributed by atoms with van der Waals surface area (Å²) in [5, 5.41) is 4.03. The number of hydrazone groups is 1. The Balaban J connectivity index is 1.75. The van der Waals surface area contributed by atoms with Crippen molar-refractivity contribution in [1.82, 2.24) is 14.9 Å². The number of para-hydroxylation sites is 1. The average molecular weight is 380 g/mol. The van der Waals surface area contributed by atoms with E-state index in [1.165, 1.54) is 16.8 Å². The highest BCUT2D eigenvalue weighted by Crippen LogP contribution is 2.25. The van der Waals surface area contributed by atoms with Crippen LogP contribution in [0.15, 0.2) is 29.4 Å². The SMILES string of the molecule is Cc1cccc(C)c1-n1c(C)cc(/C=N/NC(=O)C(=O)N2CCCCC2)c1C. The number of hydrogen-bond donors (Lipinski definition) is 1. The van der Waals surface area contributed by atoms with Gasteiger partial charge in [0, 0.05) is 30.0 Å². The van der Waals surface area contributed by atoms with Crippen LogP contribution in [0.2, 0.25) is 0 Å². The van der Waals surface area contributed by atoms with E-state index >= 15 is 0 Å². The van der Waals surface area contributed by atoms with Crippen LogP contribution in [-0.4, -0.2) is 40.6 Å². The van der Waals surface area contributed by atoms with Crippen LogP contribution in [0, 0.1) is 27.7 Å². The van der Waals surface area contributed by atoms with Gasteiger partial charge in [0.25, 0.3) is 0 Å². The molecule has 1 N–H and O–H groups in total. The minimum atomic E-state index is -0.679. The normalized spacial score (nSPS) is 14.5. The largest absolute Gasteiger partial charge is 0.334 e. The zero-order valence-corrected chi connectivity index (χ0v) is 17.1. The Bertz CT molecular complexity index is 901. The quantitative estimate of drug-likeness (QED) is 0.505. The molecule has 0 spiro atoms. The van der Waals surface area contributed by atoms with E-state index in [4.69, 9.17) is 0 Å². The lowest BCUT2D eigenvalue weighted by molar-refractivity contribution is -0.146. The van der Waals surface area contributed by atoms with Gasteiger partial charge in [-0.05, 0) is 64.2 Å². The number of carbonyl (C=O) groups excluding carboxylic acids is 2. The number of carbonyl (C=O) groups is 2. The summed E-state index contributed by atoms with van der Waals surface area (Å²) >= 11 is 0. The number of piperidine rings is 1. The van der Waals surface area contributed by atoms with Gasteiger partial charge in [0.1, 0.15) is 0 Å². The maximum Gasteiger partial charge on any atom is 0.329 e. The predicted molar refractivity (Wildman–Crippen MR) is 111 cm³/mol. The van der Waals surface area contributed by atoms with Crippen molar-refractivity contribution in [3.8, 4) is 5.69 Å². The van der Waals surface area contributed by atoms with Crippen LogP contribution in [0.25, 0.3) is 5.69 Å². The lowest BCUT2D eigenvalue weighted by atomic mass is 10.1. The van der Waals surface area contributed by atoms with Gasteiger partial charge in [-0.3, -0.25) is 9.59 Å². The number of aryl methyl sites for hydroxylation is 3. The highest BCUT2D eigenvalue weighted by atomic mass is 16.2. The Morgan fingerprint density at radius 2 is 1.68 bits per heavy atom. The highest BCUT2D eigenvalue weighted by Gasteiger charge is 2.23. The molecule has 0 radical (unpaired) electrons. The minimum absolute atomic E-state index is 0.502. The lowest BCUT2D eigenvalue weighted by Crippen LogP contribution is -2.43. The molecule has 6 heteroatoms. The second kappa shape index (κ2) is 8.42. The third kappa shape index (κ3) is 4.01. The Morgan fingerprint density at radius 3 is 2.32 bits per heavy atom. The van der Waals surface area contributed by atoms with Crippen LogP contribution in [0.1, 0.15) is 47.3 Å². The van der Waals surface area contributed by atoms with Gasteiger partial charge < -0.3 is 9.47 Å². The third-order valence-corrected chi connectivity index (χ3v) is 5.34. The molecular weight excluding hydrogens is 352 g/mol. The van der Waals surface area contributed by atoms with Crippen molar-refractivity contribution >= 4 is 18.0 Å². The molecule has 1 aromatic carbocycles. The summed E-state index contributed by atoms with van der Waals surface area (Å²) in [6.45, 7) is 9.57. The standard InChI is InChI=1S/C22H28N4O2/c1-15-9-8-10-16(2)20(15)26-17(3)13-19(18(26)4)14-23-24-21(27)22(28)25-11-6-5-7-12-25/h8-10,13-14H,5-7,11-12H2,1-4H3,(H,24,27)/b23-14+. The molecule has 2 amide bonds. The summed E-state index contributed by atoms with van der Waals surface area (Å²) in [6, 6.07) is 8.28. The van der Waals surface area contributed by atoms with Crippen LogP contribution in [0.3, 0.4) is 0 Å². The van der Waals surface area contributed by atoms with E-state index in [0.717, 1.165) is 36.2 Å². The molecule has 2 heterocycles. The van der Waals surface area contributed by atoms with Gasteiger partial charge in [-0.25, -0.2) is 5.43 Å². The van der Waals surface area contributed by atoms with Crippen molar-refractivity contribution < 1.29 is 9.59 Å². The van der Waals surface area contributed by atoms with Crippen LogP contribution < -0.4 is 5.43 Å². The first kappa shape index (κ1) is 19.9. The van der Waals surface area contributed by atoms with Crippen LogP contribution in [0.4, 0.5) is 0 Å². The molecule has 0 bridgehead atoms. The van der Waals surface area contributed by atoms with Gasteiger partial charge in [0.05, 0.1) is 11.9 Å². The molecule has 1 fully saturated rings. The summed E-state index contributed by atoms with van der Waals surface area (Å²) in [6.07, 6.45) is 4.62. The van der Waals surface area contributed by atoms with Crippen molar-refractivity contribution in [3.63, 3.8) is 0 Å². The van der Waals surface area contributed by atoms with Gasteiger partial charge in [0.2, 0.25) is 0 Å². The minimum Gasteiger partial charge on any atom is -0.334 e. The van der Waals surface area contributed by atoms with Crippen LogP contribution >= 0.6 is 0 Å².